The van der Waals surface area contributed by atoms with Crippen LogP contribution in [0.2, 0.25) is 0 Å². The third-order valence-corrected chi connectivity index (χ3v) is 3.74. The second kappa shape index (κ2) is 8.13. The van der Waals surface area contributed by atoms with Crippen molar-refractivity contribution in [1.82, 2.24) is 0 Å². The molecule has 0 saturated heterocycles. The van der Waals surface area contributed by atoms with Crippen molar-refractivity contribution in [2.24, 2.45) is 0 Å². The van der Waals surface area contributed by atoms with Crippen molar-refractivity contribution in [2.45, 2.75) is 0 Å². The summed E-state index contributed by atoms with van der Waals surface area (Å²) >= 11 is 0. The number of ether oxygens (including phenoxy) is 2. The normalized spacial score (nSPS) is 10.3. The summed E-state index contributed by atoms with van der Waals surface area (Å²) < 4.78 is 10.8. The molecule has 0 radical (unpaired) electrons. The number of carbonyl (C=O) groups excluding carboxylic acids is 1. The van der Waals surface area contributed by atoms with E-state index in [1.165, 1.54) is 0 Å². The molecule has 0 aliphatic heterocycles. The second-order valence-corrected chi connectivity index (χ2v) is 5.37. The quantitative estimate of drug-likeness (QED) is 0.453. The Labute approximate surface area is 147 Å². The first-order chi connectivity index (χ1) is 12.3. The zero-order valence-electron chi connectivity index (χ0n) is 14.0. The third-order valence-electron chi connectivity index (χ3n) is 3.74. The van der Waals surface area contributed by atoms with E-state index in [0.717, 1.165) is 23.3 Å². The molecule has 4 heteroatoms. The van der Waals surface area contributed by atoms with E-state index in [1.807, 2.05) is 72.8 Å². The molecule has 3 aromatic carbocycles. The van der Waals surface area contributed by atoms with Crippen LogP contribution in [-0.4, -0.2) is 20.2 Å². The smallest absolute Gasteiger partial charge is 0.188 e. The number of anilines is 3. The monoisotopic (exact) mass is 333 g/mol. The molecular formula is C21H19NO3. The number of carbonyl (C=O) groups is 1. The lowest BCUT2D eigenvalue weighted by atomic mass is 10.1. The van der Waals surface area contributed by atoms with Gasteiger partial charge in [0.25, 0.3) is 0 Å². The van der Waals surface area contributed by atoms with E-state index in [-0.39, 0.29) is 6.79 Å². The molecule has 0 aliphatic rings. The Hall–Kier alpha value is -3.11. The molecule has 0 heterocycles. The van der Waals surface area contributed by atoms with Crippen LogP contribution >= 0.6 is 0 Å². The number of hydrogen-bond acceptors (Lipinski definition) is 4. The summed E-state index contributed by atoms with van der Waals surface area (Å²) in [4.78, 5) is 13.6. The first-order valence-corrected chi connectivity index (χ1v) is 7.95. The molecule has 0 amide bonds. The molecule has 3 rings (SSSR count). The summed E-state index contributed by atoms with van der Waals surface area (Å²) in [6.45, 7) is 0.0648. The van der Waals surface area contributed by atoms with Crippen molar-refractivity contribution >= 4 is 23.3 Å². The van der Waals surface area contributed by atoms with Gasteiger partial charge in [-0.2, -0.15) is 0 Å². The van der Waals surface area contributed by atoms with Gasteiger partial charge in [0.2, 0.25) is 0 Å². The fraction of sp³-hybridized carbons (Fsp3) is 0.0952. The third kappa shape index (κ3) is 3.70. The zero-order valence-corrected chi connectivity index (χ0v) is 14.0. The van der Waals surface area contributed by atoms with Crippen molar-refractivity contribution in [3.8, 4) is 5.75 Å². The molecule has 3 aromatic rings. The molecule has 0 unspecified atom stereocenters. The van der Waals surface area contributed by atoms with Gasteiger partial charge in [-0.3, -0.25) is 4.79 Å². The molecule has 0 aliphatic carbocycles. The van der Waals surface area contributed by atoms with Crippen LogP contribution in [0.5, 0.6) is 5.75 Å². The summed E-state index contributed by atoms with van der Waals surface area (Å²) in [5, 5.41) is 0. The van der Waals surface area contributed by atoms with Gasteiger partial charge in [0, 0.05) is 18.5 Å². The van der Waals surface area contributed by atoms with E-state index in [9.17, 15) is 4.79 Å². The largest absolute Gasteiger partial charge is 0.465 e. The molecule has 0 spiro atoms. The van der Waals surface area contributed by atoms with Gasteiger partial charge in [-0.05, 0) is 36.4 Å². The van der Waals surface area contributed by atoms with E-state index in [0.29, 0.717) is 11.3 Å². The Morgan fingerprint density at radius 3 is 1.96 bits per heavy atom. The van der Waals surface area contributed by atoms with Gasteiger partial charge in [0.15, 0.2) is 18.8 Å². The fourth-order valence-corrected chi connectivity index (χ4v) is 2.67. The number of hydrogen-bond donors (Lipinski definition) is 0. The number of benzene rings is 3. The van der Waals surface area contributed by atoms with Crippen LogP contribution in [-0.2, 0) is 4.74 Å². The lowest BCUT2D eigenvalue weighted by Crippen LogP contribution is -2.13. The van der Waals surface area contributed by atoms with Crippen molar-refractivity contribution < 1.29 is 14.3 Å². The number of rotatable bonds is 7. The molecule has 0 N–H and O–H groups in total. The SMILES string of the molecule is COCOc1c(C=O)cccc1N(c1ccccc1)c1ccccc1. The van der Waals surface area contributed by atoms with Crippen LogP contribution in [0.25, 0.3) is 0 Å². The zero-order chi connectivity index (χ0) is 17.5. The predicted molar refractivity (Wildman–Crippen MR) is 99.0 cm³/mol. The summed E-state index contributed by atoms with van der Waals surface area (Å²) in [5.74, 6) is 0.493. The Kier molecular flexibility index (Phi) is 5.44. The number of methoxy groups -OCH3 is 1. The summed E-state index contributed by atoms with van der Waals surface area (Å²) in [7, 11) is 1.55. The van der Waals surface area contributed by atoms with E-state index < -0.39 is 0 Å². The van der Waals surface area contributed by atoms with E-state index in [1.54, 1.807) is 13.2 Å². The van der Waals surface area contributed by atoms with Gasteiger partial charge in [-0.15, -0.1) is 0 Å². The van der Waals surface area contributed by atoms with Gasteiger partial charge in [0.05, 0.1) is 11.3 Å². The van der Waals surface area contributed by atoms with Crippen LogP contribution in [0, 0.1) is 0 Å². The van der Waals surface area contributed by atoms with Crippen molar-refractivity contribution in [1.29, 1.82) is 0 Å². The van der Waals surface area contributed by atoms with Gasteiger partial charge >= 0.3 is 0 Å². The molecule has 126 valence electrons. The Balaban J connectivity index is 2.19. The molecule has 0 bridgehead atoms. The van der Waals surface area contributed by atoms with Crippen LogP contribution < -0.4 is 9.64 Å². The number of nitrogens with zero attached hydrogens (tertiary/aromatic N) is 1. The minimum Gasteiger partial charge on any atom is -0.465 e. The molecule has 4 nitrogen and oxygen atoms in total. The number of para-hydroxylation sites is 3. The molecule has 0 aromatic heterocycles. The molecular weight excluding hydrogens is 314 g/mol. The highest BCUT2D eigenvalue weighted by atomic mass is 16.7. The first kappa shape index (κ1) is 16.7. The molecule has 25 heavy (non-hydrogen) atoms. The molecule has 0 fully saturated rings. The van der Waals surface area contributed by atoms with Crippen LogP contribution in [0.4, 0.5) is 17.1 Å². The number of aldehydes is 1. The van der Waals surface area contributed by atoms with Crippen molar-refractivity contribution in [3.63, 3.8) is 0 Å². The van der Waals surface area contributed by atoms with E-state index in [4.69, 9.17) is 9.47 Å². The lowest BCUT2D eigenvalue weighted by molar-refractivity contribution is 0.0509. The Morgan fingerprint density at radius 1 is 0.840 bits per heavy atom. The fourth-order valence-electron chi connectivity index (χ4n) is 2.67. The second-order valence-electron chi connectivity index (χ2n) is 5.37. The maximum atomic E-state index is 11.5. The maximum absolute atomic E-state index is 11.5. The van der Waals surface area contributed by atoms with E-state index in [2.05, 4.69) is 4.90 Å². The van der Waals surface area contributed by atoms with Crippen molar-refractivity contribution in [3.05, 3.63) is 84.4 Å². The van der Waals surface area contributed by atoms with Crippen LogP contribution in [0.3, 0.4) is 0 Å². The van der Waals surface area contributed by atoms with E-state index >= 15 is 0 Å². The lowest BCUT2D eigenvalue weighted by Gasteiger charge is -2.27. The average Bonchev–Trinajstić information content (AvgIpc) is 2.68. The predicted octanol–water partition coefficient (Wildman–Crippen LogP) is 4.95. The summed E-state index contributed by atoms with van der Waals surface area (Å²) in [6, 6.07) is 25.4. The highest BCUT2D eigenvalue weighted by Gasteiger charge is 2.19. The molecule has 0 saturated carbocycles. The molecule has 0 atom stereocenters. The van der Waals surface area contributed by atoms with Crippen LogP contribution in [0.1, 0.15) is 10.4 Å². The Bertz CT molecular complexity index is 780. The summed E-state index contributed by atoms with van der Waals surface area (Å²) in [5.41, 5.74) is 3.20. The van der Waals surface area contributed by atoms with Crippen LogP contribution in [0.15, 0.2) is 78.9 Å². The average molecular weight is 333 g/mol. The van der Waals surface area contributed by atoms with Gasteiger partial charge in [-0.1, -0.05) is 42.5 Å². The van der Waals surface area contributed by atoms with Gasteiger partial charge in [-0.25, -0.2) is 0 Å². The van der Waals surface area contributed by atoms with Crippen molar-refractivity contribution in [2.75, 3.05) is 18.8 Å². The topological polar surface area (TPSA) is 38.8 Å². The summed E-state index contributed by atoms with van der Waals surface area (Å²) in [6.07, 6.45) is 0.794. The maximum Gasteiger partial charge on any atom is 0.188 e. The minimum atomic E-state index is 0.0648. The minimum absolute atomic E-state index is 0.0648. The van der Waals surface area contributed by atoms with Gasteiger partial charge in [0.1, 0.15) is 0 Å². The highest BCUT2D eigenvalue weighted by Crippen LogP contribution is 2.41. The standard InChI is InChI=1S/C21H19NO3/c1-24-16-25-21-17(15-23)9-8-14-20(21)22(18-10-4-2-5-11-18)19-12-6-3-7-13-19/h2-15H,16H2,1H3. The highest BCUT2D eigenvalue weighted by molar-refractivity contribution is 5.88. The van der Waals surface area contributed by atoms with Gasteiger partial charge < -0.3 is 14.4 Å². The first-order valence-electron chi connectivity index (χ1n) is 7.95. The Morgan fingerprint density at radius 2 is 1.44 bits per heavy atom.